The first-order valence-corrected chi connectivity index (χ1v) is 17.3. The van der Waals surface area contributed by atoms with E-state index in [1.165, 1.54) is 11.0 Å². The van der Waals surface area contributed by atoms with Crippen molar-refractivity contribution < 1.29 is 33.8 Å². The highest BCUT2D eigenvalue weighted by Crippen LogP contribution is 2.63. The highest BCUT2D eigenvalue weighted by Gasteiger charge is 2.70. The van der Waals surface area contributed by atoms with Crippen LogP contribution in [0.4, 0.5) is 5.69 Å². The number of methoxy groups -OCH3 is 1. The van der Waals surface area contributed by atoms with E-state index in [0.717, 1.165) is 10.6 Å². The third-order valence-corrected chi connectivity index (χ3v) is 11.7. The van der Waals surface area contributed by atoms with Gasteiger partial charge in [0.1, 0.15) is 17.2 Å². The number of hydrogen-bond donors (Lipinski definition) is 2. The van der Waals surface area contributed by atoms with Crippen LogP contribution >= 0.6 is 23.2 Å². The zero-order chi connectivity index (χ0) is 35.1. The van der Waals surface area contributed by atoms with Crippen molar-refractivity contribution in [2.75, 3.05) is 19.1 Å². The molecule has 4 amide bonds. The zero-order valence-electron chi connectivity index (χ0n) is 27.2. The Bertz CT molecular complexity index is 2050. The van der Waals surface area contributed by atoms with Crippen molar-refractivity contribution in [2.24, 2.45) is 29.6 Å². The van der Waals surface area contributed by atoms with Crippen LogP contribution in [0.3, 0.4) is 0 Å². The van der Waals surface area contributed by atoms with Gasteiger partial charge in [0, 0.05) is 29.5 Å². The lowest BCUT2D eigenvalue weighted by Gasteiger charge is -2.51. The van der Waals surface area contributed by atoms with Gasteiger partial charge in [-0.05, 0) is 85.4 Å². The summed E-state index contributed by atoms with van der Waals surface area (Å²) in [5.74, 6) is -3.65. The highest BCUT2D eigenvalue weighted by molar-refractivity contribution is 6.36. The van der Waals surface area contributed by atoms with Gasteiger partial charge in [-0.1, -0.05) is 47.0 Å². The number of hydrogen-bond acceptors (Lipinski definition) is 8. The van der Waals surface area contributed by atoms with E-state index >= 15 is 4.79 Å². The van der Waals surface area contributed by atoms with Crippen LogP contribution < -0.4 is 14.9 Å². The summed E-state index contributed by atoms with van der Waals surface area (Å²) >= 11 is 12.7. The number of aromatic hydroxyl groups is 1. The minimum atomic E-state index is -1.50. The molecule has 1 saturated carbocycles. The summed E-state index contributed by atoms with van der Waals surface area (Å²) in [4.78, 5) is 58.9. The number of halogens is 2. The molecule has 3 fully saturated rings. The van der Waals surface area contributed by atoms with Crippen LogP contribution in [0.1, 0.15) is 30.9 Å². The first-order valence-electron chi connectivity index (χ1n) is 16.6. The van der Waals surface area contributed by atoms with Gasteiger partial charge in [0.2, 0.25) is 11.8 Å². The number of carbonyl (C=O) groups is 4. The lowest BCUT2D eigenvalue weighted by molar-refractivity contribution is -0.141. The molecule has 0 aromatic heterocycles. The largest absolute Gasteiger partial charge is 0.508 e. The van der Waals surface area contributed by atoms with E-state index in [-0.39, 0.29) is 35.6 Å². The number of allylic oxidation sites excluding steroid dienone is 3. The van der Waals surface area contributed by atoms with Crippen molar-refractivity contribution in [1.29, 1.82) is 0 Å². The summed E-state index contributed by atoms with van der Waals surface area (Å²) in [5.41, 5.74) is 4.65. The zero-order valence-corrected chi connectivity index (χ0v) is 28.7. The number of nitrogens with zero attached hydrogens (tertiary/aromatic N) is 2. The molecule has 0 unspecified atom stereocenters. The number of imide groups is 2. The van der Waals surface area contributed by atoms with Crippen LogP contribution in [0.25, 0.3) is 0 Å². The molecule has 2 aliphatic carbocycles. The molecule has 0 bridgehead atoms. The summed E-state index contributed by atoms with van der Waals surface area (Å²) in [5, 5.41) is 12.0. The second-order valence-electron chi connectivity index (χ2n) is 13.4. The topological polar surface area (TPSA) is 125 Å². The van der Waals surface area contributed by atoms with Crippen LogP contribution in [-0.2, 0) is 31.0 Å². The summed E-state index contributed by atoms with van der Waals surface area (Å²) in [6.07, 6.45) is 4.43. The van der Waals surface area contributed by atoms with E-state index in [1.54, 1.807) is 62.8 Å². The Hall–Kier alpha value is -4.80. The molecule has 3 aromatic carbocycles. The normalized spacial score (nSPS) is 28.3. The minimum absolute atomic E-state index is 0.0645. The smallest absolute Gasteiger partial charge is 0.260 e. The molecule has 2 N–H and O–H groups in total. The third-order valence-electron chi connectivity index (χ3n) is 11.1. The lowest BCUT2D eigenvalue weighted by atomic mass is 9.48. The van der Waals surface area contributed by atoms with Gasteiger partial charge in [0.25, 0.3) is 11.8 Å². The molecule has 8 rings (SSSR count). The second kappa shape index (κ2) is 11.9. The quantitative estimate of drug-likeness (QED) is 0.233. The monoisotopic (exact) mass is 713 g/mol. The molecule has 3 aliphatic heterocycles. The van der Waals surface area contributed by atoms with Crippen molar-refractivity contribution >= 4 is 52.5 Å². The first kappa shape index (κ1) is 32.4. The summed E-state index contributed by atoms with van der Waals surface area (Å²) in [6.45, 7) is 2.03. The van der Waals surface area contributed by atoms with E-state index < -0.39 is 46.8 Å². The number of likely N-dealkylation sites (tertiary alicyclic amines) is 1. The van der Waals surface area contributed by atoms with Gasteiger partial charge in [0.05, 0.1) is 47.3 Å². The van der Waals surface area contributed by atoms with Crippen molar-refractivity contribution in [2.45, 2.75) is 31.6 Å². The van der Waals surface area contributed by atoms with Gasteiger partial charge in [-0.3, -0.25) is 29.5 Å². The summed E-state index contributed by atoms with van der Waals surface area (Å²) in [7, 11) is 1.55. The molecule has 50 heavy (non-hydrogen) atoms. The third kappa shape index (κ3) is 4.61. The van der Waals surface area contributed by atoms with Crippen molar-refractivity contribution in [3.8, 4) is 17.2 Å². The van der Waals surface area contributed by atoms with Gasteiger partial charge >= 0.3 is 0 Å². The molecule has 6 atom stereocenters. The number of rotatable bonds is 6. The van der Waals surface area contributed by atoms with E-state index in [1.807, 2.05) is 18.2 Å². The Kier molecular flexibility index (Phi) is 7.72. The van der Waals surface area contributed by atoms with E-state index in [9.17, 15) is 19.5 Å². The van der Waals surface area contributed by atoms with Crippen LogP contribution in [0.15, 0.2) is 84.1 Å². The minimum Gasteiger partial charge on any atom is -0.508 e. The van der Waals surface area contributed by atoms with E-state index in [0.29, 0.717) is 51.8 Å². The number of hydrazine groups is 1. The number of carbonyl (C=O) groups excluding carboxylic acids is 4. The Balaban J connectivity index is 1.35. The SMILES string of the molecule is CCN1C(=O)[C@H]2[C@H](CC=C3[C@H](C4=COc5ccc(O)cc5C4)[C@]4(c5ccc(OC)cc5)C(=O)N(Nc5ccc(Cl)cc5Cl)C(=O)[C@@H]4C[C@H]32)C1=O. The lowest BCUT2D eigenvalue weighted by Crippen LogP contribution is -2.55. The molecular formula is C38H33Cl2N3O7. The summed E-state index contributed by atoms with van der Waals surface area (Å²) < 4.78 is 11.6. The van der Waals surface area contributed by atoms with Crippen LogP contribution in [0, 0.1) is 29.6 Å². The van der Waals surface area contributed by atoms with Crippen molar-refractivity contribution in [1.82, 2.24) is 9.91 Å². The maximum absolute atomic E-state index is 15.4. The van der Waals surface area contributed by atoms with Gasteiger partial charge in [-0.25, -0.2) is 0 Å². The standard InChI is InChI=1S/C38H33Cl2N3O7/c1-3-42-34(45)26-11-10-25-27(32(26)36(42)47)17-28-35(46)43(41-30-12-6-22(39)16-29(30)40)37(48)38(28,21-4-8-24(49-2)9-5-21)33(25)20-14-19-15-23(44)7-13-31(19)50-18-20/h4-10,12-13,15-16,18,26-28,32-33,41,44H,3,11,14,17H2,1-2H3/t26-,27+,28-,32-,33-,38+/m0/s1. The number of amides is 4. The number of phenolic OH excluding ortho intramolecular Hbond substituents is 1. The van der Waals surface area contributed by atoms with Gasteiger partial charge < -0.3 is 14.6 Å². The molecule has 3 heterocycles. The number of ether oxygens (including phenoxy) is 2. The average molecular weight is 715 g/mol. The predicted octanol–water partition coefficient (Wildman–Crippen LogP) is 6.06. The van der Waals surface area contributed by atoms with Crippen molar-refractivity contribution in [3.63, 3.8) is 0 Å². The number of fused-ring (bicyclic) bond motifs is 5. The fourth-order valence-corrected chi connectivity index (χ4v) is 9.49. The highest BCUT2D eigenvalue weighted by atomic mass is 35.5. The molecule has 5 aliphatic rings. The number of nitrogens with one attached hydrogen (secondary N) is 1. The number of phenols is 1. The van der Waals surface area contributed by atoms with Gasteiger partial charge in [0.15, 0.2) is 0 Å². The fourth-order valence-electron chi connectivity index (χ4n) is 9.04. The molecule has 0 radical (unpaired) electrons. The average Bonchev–Trinajstić information content (AvgIpc) is 3.49. The maximum atomic E-state index is 15.4. The fraction of sp³-hybridized carbons (Fsp3) is 0.316. The van der Waals surface area contributed by atoms with Gasteiger partial charge in [-0.15, -0.1) is 0 Å². The number of anilines is 1. The van der Waals surface area contributed by atoms with Gasteiger partial charge in [-0.2, -0.15) is 5.01 Å². The first-order chi connectivity index (χ1) is 24.1. The van der Waals surface area contributed by atoms with E-state index in [4.69, 9.17) is 32.7 Å². The second-order valence-corrected chi connectivity index (χ2v) is 14.3. The number of benzene rings is 3. The predicted molar refractivity (Wildman–Crippen MR) is 184 cm³/mol. The van der Waals surface area contributed by atoms with Crippen LogP contribution in [-0.4, -0.2) is 52.3 Å². The Morgan fingerprint density at radius 3 is 2.48 bits per heavy atom. The molecule has 256 valence electrons. The molecule has 12 heteroatoms. The molecular weight excluding hydrogens is 681 g/mol. The summed E-state index contributed by atoms with van der Waals surface area (Å²) in [6, 6.07) is 16.7. The van der Waals surface area contributed by atoms with Crippen molar-refractivity contribution in [3.05, 3.63) is 105 Å². The maximum Gasteiger partial charge on any atom is 0.260 e. The molecule has 0 spiro atoms. The Labute approximate surface area is 298 Å². The van der Waals surface area contributed by atoms with Crippen LogP contribution in [0.5, 0.6) is 17.2 Å². The molecule has 10 nitrogen and oxygen atoms in total. The molecule has 3 aromatic rings. The Morgan fingerprint density at radius 2 is 1.76 bits per heavy atom. The van der Waals surface area contributed by atoms with Crippen LogP contribution in [0.2, 0.25) is 10.0 Å². The van der Waals surface area contributed by atoms with E-state index in [2.05, 4.69) is 5.43 Å². The Morgan fingerprint density at radius 1 is 0.980 bits per heavy atom. The molecule has 2 saturated heterocycles.